The third kappa shape index (κ3) is 4.64. The Kier molecular flexibility index (Phi) is 5.92. The molecule has 3 rings (SSSR count). The van der Waals surface area contributed by atoms with Gasteiger partial charge < -0.3 is 14.2 Å². The van der Waals surface area contributed by atoms with Crippen LogP contribution in [0.1, 0.15) is 11.1 Å². The van der Waals surface area contributed by atoms with Gasteiger partial charge in [0.25, 0.3) is 0 Å². The van der Waals surface area contributed by atoms with E-state index in [0.717, 1.165) is 11.1 Å². The summed E-state index contributed by atoms with van der Waals surface area (Å²) < 4.78 is 15.8. The molecule has 1 heterocycles. The maximum atomic E-state index is 11.9. The Morgan fingerprint density at radius 1 is 1.08 bits per heavy atom. The molecule has 0 aromatic heterocycles. The van der Waals surface area contributed by atoms with E-state index in [-0.39, 0.29) is 32.2 Å². The summed E-state index contributed by atoms with van der Waals surface area (Å²) in [6.07, 6.45) is 0.139. The lowest BCUT2D eigenvalue weighted by molar-refractivity contribution is -0.144. The zero-order valence-corrected chi connectivity index (χ0v) is 14.7. The summed E-state index contributed by atoms with van der Waals surface area (Å²) in [5.41, 5.74) is 1.94. The van der Waals surface area contributed by atoms with E-state index in [0.29, 0.717) is 16.4 Å². The second-order valence-corrected chi connectivity index (χ2v) is 6.05. The molecule has 0 spiro atoms. The van der Waals surface area contributed by atoms with Crippen LogP contribution in [0.3, 0.4) is 0 Å². The SMILES string of the molecule is O=C(Cc1cccc(Cl)c1)OCCOC1=C(c2ccccc2)C(=O)OC1. The van der Waals surface area contributed by atoms with Crippen molar-refractivity contribution in [1.29, 1.82) is 0 Å². The van der Waals surface area contributed by atoms with Crippen LogP contribution < -0.4 is 0 Å². The first-order valence-corrected chi connectivity index (χ1v) is 8.50. The molecule has 26 heavy (non-hydrogen) atoms. The van der Waals surface area contributed by atoms with Crippen LogP contribution in [0.25, 0.3) is 5.57 Å². The summed E-state index contributed by atoms with van der Waals surface area (Å²) >= 11 is 5.89. The Balaban J connectivity index is 1.50. The minimum Gasteiger partial charge on any atom is -0.490 e. The summed E-state index contributed by atoms with van der Waals surface area (Å²) in [6.45, 7) is 0.308. The number of carbonyl (C=O) groups is 2. The molecule has 0 fully saturated rings. The molecule has 134 valence electrons. The van der Waals surface area contributed by atoms with Crippen molar-refractivity contribution in [1.82, 2.24) is 0 Å². The van der Waals surface area contributed by atoms with E-state index in [1.54, 1.807) is 18.2 Å². The standard InChI is InChI=1S/C20H17ClO5/c21-16-8-4-5-14(11-16)12-18(22)25-10-9-24-17-13-26-20(23)19(17)15-6-2-1-3-7-15/h1-8,11H,9-10,12-13H2. The van der Waals surface area contributed by atoms with Gasteiger partial charge in [-0.2, -0.15) is 0 Å². The van der Waals surface area contributed by atoms with Crippen LogP contribution in [0.15, 0.2) is 60.4 Å². The molecule has 0 saturated carbocycles. The number of benzene rings is 2. The fourth-order valence-electron chi connectivity index (χ4n) is 2.57. The highest BCUT2D eigenvalue weighted by Crippen LogP contribution is 2.26. The van der Waals surface area contributed by atoms with Gasteiger partial charge in [0.2, 0.25) is 0 Å². The molecule has 2 aromatic carbocycles. The molecule has 5 nitrogen and oxygen atoms in total. The lowest BCUT2D eigenvalue weighted by atomic mass is 10.1. The van der Waals surface area contributed by atoms with E-state index in [2.05, 4.69) is 0 Å². The number of ether oxygens (including phenoxy) is 3. The number of esters is 2. The number of rotatable bonds is 7. The molecule has 6 heteroatoms. The van der Waals surface area contributed by atoms with Crippen molar-refractivity contribution in [3.05, 3.63) is 76.5 Å². The molecule has 2 aromatic rings. The minimum absolute atomic E-state index is 0.0825. The molecule has 0 amide bonds. The monoisotopic (exact) mass is 372 g/mol. The predicted octanol–water partition coefficient (Wildman–Crippen LogP) is 3.41. The fraction of sp³-hybridized carbons (Fsp3) is 0.200. The largest absolute Gasteiger partial charge is 0.490 e. The molecule has 0 saturated heterocycles. The molecule has 0 N–H and O–H groups in total. The lowest BCUT2D eigenvalue weighted by Crippen LogP contribution is -2.13. The first kappa shape index (κ1) is 18.0. The molecule has 0 bridgehead atoms. The van der Waals surface area contributed by atoms with Crippen molar-refractivity contribution in [2.24, 2.45) is 0 Å². The average molecular weight is 373 g/mol. The number of cyclic esters (lactones) is 1. The van der Waals surface area contributed by atoms with Gasteiger partial charge in [0, 0.05) is 5.02 Å². The van der Waals surface area contributed by atoms with Gasteiger partial charge >= 0.3 is 11.9 Å². The lowest BCUT2D eigenvalue weighted by Gasteiger charge is -2.09. The van der Waals surface area contributed by atoms with Gasteiger partial charge in [-0.3, -0.25) is 4.79 Å². The quantitative estimate of drug-likeness (QED) is 0.550. The van der Waals surface area contributed by atoms with Gasteiger partial charge in [-0.15, -0.1) is 0 Å². The van der Waals surface area contributed by atoms with Crippen molar-refractivity contribution in [3.63, 3.8) is 0 Å². The van der Waals surface area contributed by atoms with Crippen LogP contribution in [-0.2, 0) is 30.2 Å². The van der Waals surface area contributed by atoms with Crippen LogP contribution in [0.5, 0.6) is 0 Å². The minimum atomic E-state index is -0.413. The second-order valence-electron chi connectivity index (χ2n) is 5.62. The van der Waals surface area contributed by atoms with Crippen molar-refractivity contribution >= 4 is 29.1 Å². The van der Waals surface area contributed by atoms with Crippen LogP contribution in [0.2, 0.25) is 5.02 Å². The summed E-state index contributed by atoms with van der Waals surface area (Å²) in [6, 6.07) is 16.2. The Morgan fingerprint density at radius 2 is 1.88 bits per heavy atom. The molecular weight excluding hydrogens is 356 g/mol. The first-order valence-electron chi connectivity index (χ1n) is 8.12. The summed E-state index contributed by atoms with van der Waals surface area (Å²) in [4.78, 5) is 23.7. The maximum absolute atomic E-state index is 11.9. The molecule has 0 radical (unpaired) electrons. The molecule has 0 unspecified atom stereocenters. The zero-order chi connectivity index (χ0) is 18.4. The highest BCUT2D eigenvalue weighted by Gasteiger charge is 2.27. The summed E-state index contributed by atoms with van der Waals surface area (Å²) in [5.74, 6) is -0.330. The number of hydrogen-bond donors (Lipinski definition) is 0. The van der Waals surface area contributed by atoms with Crippen molar-refractivity contribution in [2.45, 2.75) is 6.42 Å². The normalized spacial score (nSPS) is 13.5. The maximum Gasteiger partial charge on any atom is 0.342 e. The van der Waals surface area contributed by atoms with Crippen LogP contribution >= 0.6 is 11.6 Å². The Bertz CT molecular complexity index is 829. The molecule has 1 aliphatic rings. The van der Waals surface area contributed by atoms with Crippen molar-refractivity contribution in [2.75, 3.05) is 19.8 Å². The average Bonchev–Trinajstić information content (AvgIpc) is 3.00. The highest BCUT2D eigenvalue weighted by atomic mass is 35.5. The Hall–Kier alpha value is -2.79. The third-order valence-corrected chi connectivity index (χ3v) is 3.98. The van der Waals surface area contributed by atoms with Crippen molar-refractivity contribution < 1.29 is 23.8 Å². The van der Waals surface area contributed by atoms with Gasteiger partial charge in [0.05, 0.1) is 6.42 Å². The van der Waals surface area contributed by atoms with Gasteiger partial charge in [0.15, 0.2) is 0 Å². The van der Waals surface area contributed by atoms with E-state index in [9.17, 15) is 9.59 Å². The van der Waals surface area contributed by atoms with E-state index >= 15 is 0 Å². The number of carbonyl (C=O) groups excluding carboxylic acids is 2. The van der Waals surface area contributed by atoms with Crippen LogP contribution in [0.4, 0.5) is 0 Å². The van der Waals surface area contributed by atoms with Gasteiger partial charge in [-0.25, -0.2) is 4.79 Å². The number of halogens is 1. The topological polar surface area (TPSA) is 61.8 Å². The van der Waals surface area contributed by atoms with E-state index < -0.39 is 5.97 Å². The summed E-state index contributed by atoms with van der Waals surface area (Å²) in [7, 11) is 0. The predicted molar refractivity (Wildman–Crippen MR) is 96.4 cm³/mol. The summed E-state index contributed by atoms with van der Waals surface area (Å²) in [5, 5.41) is 0.574. The van der Waals surface area contributed by atoms with Gasteiger partial charge in [-0.05, 0) is 23.3 Å². The Morgan fingerprint density at radius 3 is 2.65 bits per heavy atom. The van der Waals surface area contributed by atoms with Crippen LogP contribution in [0, 0.1) is 0 Å². The van der Waals surface area contributed by atoms with Gasteiger partial charge in [0.1, 0.15) is 31.2 Å². The third-order valence-electron chi connectivity index (χ3n) is 3.74. The second kappa shape index (κ2) is 8.54. The van der Waals surface area contributed by atoms with Gasteiger partial charge in [-0.1, -0.05) is 54.1 Å². The molecule has 1 aliphatic heterocycles. The van der Waals surface area contributed by atoms with E-state index in [1.165, 1.54) is 0 Å². The van der Waals surface area contributed by atoms with Crippen LogP contribution in [-0.4, -0.2) is 31.8 Å². The van der Waals surface area contributed by atoms with E-state index in [1.807, 2.05) is 36.4 Å². The fourth-order valence-corrected chi connectivity index (χ4v) is 2.78. The zero-order valence-electron chi connectivity index (χ0n) is 13.9. The van der Waals surface area contributed by atoms with E-state index in [4.69, 9.17) is 25.8 Å². The number of hydrogen-bond acceptors (Lipinski definition) is 5. The highest BCUT2D eigenvalue weighted by molar-refractivity contribution is 6.30. The molecule has 0 atom stereocenters. The van der Waals surface area contributed by atoms with Crippen molar-refractivity contribution in [3.8, 4) is 0 Å². The molecule has 0 aliphatic carbocycles. The molecular formula is C20H17ClO5. The smallest absolute Gasteiger partial charge is 0.342 e. The Labute approximate surface area is 156 Å². The first-order chi connectivity index (χ1) is 12.6.